The monoisotopic (exact) mass is 297 g/mol. The zero-order valence-corrected chi connectivity index (χ0v) is 12.7. The molecular weight excluding hydrogens is 278 g/mol. The first-order valence-electron chi connectivity index (χ1n) is 6.69. The van der Waals surface area contributed by atoms with Gasteiger partial charge in [0.05, 0.1) is 35.9 Å². The minimum absolute atomic E-state index is 0.0161. The zero-order chi connectivity index (χ0) is 14.5. The van der Waals surface area contributed by atoms with Crippen LogP contribution < -0.4 is 5.73 Å². The number of thiazole rings is 1. The van der Waals surface area contributed by atoms with Crippen LogP contribution in [-0.4, -0.2) is 40.8 Å². The third kappa shape index (κ3) is 2.35. The van der Waals surface area contributed by atoms with E-state index >= 15 is 0 Å². The van der Waals surface area contributed by atoms with E-state index in [1.165, 1.54) is 11.3 Å². The summed E-state index contributed by atoms with van der Waals surface area (Å²) in [5.74, 6) is 0. The number of ether oxygens (including phenoxy) is 2. The molecule has 1 amide bonds. The van der Waals surface area contributed by atoms with Crippen LogP contribution in [0.25, 0.3) is 0 Å². The lowest BCUT2D eigenvalue weighted by Gasteiger charge is -2.44. The lowest BCUT2D eigenvalue weighted by atomic mass is 9.97. The van der Waals surface area contributed by atoms with Crippen LogP contribution >= 0.6 is 11.3 Å². The summed E-state index contributed by atoms with van der Waals surface area (Å²) in [6.07, 6.45) is 0.395. The predicted octanol–water partition coefficient (Wildman–Crippen LogP) is 1.96. The Labute approximate surface area is 121 Å². The highest BCUT2D eigenvalue weighted by atomic mass is 32.1. The van der Waals surface area contributed by atoms with Crippen molar-refractivity contribution in [3.8, 4) is 0 Å². The van der Waals surface area contributed by atoms with Gasteiger partial charge in [0.2, 0.25) is 0 Å². The standard InChI is InChI=1S/C13H19N3O3S/c1-13(2,3)19-12(17)16-7-4-8-10(20-11(14)15-8)9(16)6-18-5-7/h7,9H,4-6H2,1-3H3,(H2,14,15)/t7-,9-/m0/s1. The van der Waals surface area contributed by atoms with Crippen molar-refractivity contribution >= 4 is 22.6 Å². The van der Waals surface area contributed by atoms with Gasteiger partial charge in [0.25, 0.3) is 0 Å². The van der Waals surface area contributed by atoms with Crippen molar-refractivity contribution in [2.24, 2.45) is 0 Å². The van der Waals surface area contributed by atoms with Gasteiger partial charge in [0.15, 0.2) is 5.13 Å². The molecular formula is C13H19N3O3S. The average molecular weight is 297 g/mol. The Morgan fingerprint density at radius 3 is 2.95 bits per heavy atom. The second-order valence-corrected chi connectivity index (χ2v) is 7.22. The minimum atomic E-state index is -0.501. The zero-order valence-electron chi connectivity index (χ0n) is 11.9. The first kappa shape index (κ1) is 13.6. The Morgan fingerprint density at radius 1 is 1.50 bits per heavy atom. The summed E-state index contributed by atoms with van der Waals surface area (Å²) in [4.78, 5) is 19.6. The molecule has 3 heterocycles. The maximum atomic E-state index is 12.4. The summed E-state index contributed by atoms with van der Waals surface area (Å²) in [7, 11) is 0. The molecule has 1 aromatic heterocycles. The normalized spacial score (nSPS) is 25.2. The van der Waals surface area contributed by atoms with E-state index < -0.39 is 5.60 Å². The van der Waals surface area contributed by atoms with Crippen LogP contribution in [0.15, 0.2) is 0 Å². The van der Waals surface area contributed by atoms with Crippen molar-refractivity contribution in [2.75, 3.05) is 18.9 Å². The van der Waals surface area contributed by atoms with E-state index in [0.717, 1.165) is 10.6 Å². The summed E-state index contributed by atoms with van der Waals surface area (Å²) in [6.45, 7) is 6.61. The smallest absolute Gasteiger partial charge is 0.411 e. The topological polar surface area (TPSA) is 77.7 Å². The summed E-state index contributed by atoms with van der Waals surface area (Å²) >= 11 is 1.44. The highest BCUT2D eigenvalue weighted by molar-refractivity contribution is 7.15. The van der Waals surface area contributed by atoms with Crippen LogP contribution in [-0.2, 0) is 15.9 Å². The van der Waals surface area contributed by atoms with Gasteiger partial charge in [-0.1, -0.05) is 11.3 Å². The Hall–Kier alpha value is -1.34. The van der Waals surface area contributed by atoms with Gasteiger partial charge >= 0.3 is 6.09 Å². The van der Waals surface area contributed by atoms with Crippen LogP contribution in [0.2, 0.25) is 0 Å². The van der Waals surface area contributed by atoms with Crippen LogP contribution in [0, 0.1) is 0 Å². The van der Waals surface area contributed by atoms with Crippen LogP contribution in [0.5, 0.6) is 0 Å². The lowest BCUT2D eigenvalue weighted by Crippen LogP contribution is -2.55. The number of hydrogen-bond acceptors (Lipinski definition) is 6. The van der Waals surface area contributed by atoms with Gasteiger partial charge in [-0.3, -0.25) is 4.90 Å². The number of amides is 1. The summed E-state index contributed by atoms with van der Waals surface area (Å²) in [5, 5.41) is 0.548. The predicted molar refractivity (Wildman–Crippen MR) is 75.7 cm³/mol. The molecule has 0 saturated carbocycles. The Bertz CT molecular complexity index is 537. The van der Waals surface area contributed by atoms with Crippen molar-refractivity contribution in [3.05, 3.63) is 10.6 Å². The van der Waals surface area contributed by atoms with Crippen molar-refractivity contribution < 1.29 is 14.3 Å². The van der Waals surface area contributed by atoms with Crippen molar-refractivity contribution in [2.45, 2.75) is 44.9 Å². The van der Waals surface area contributed by atoms with Crippen LogP contribution in [0.3, 0.4) is 0 Å². The summed E-state index contributed by atoms with van der Waals surface area (Å²) in [5.41, 5.74) is 6.30. The van der Waals surface area contributed by atoms with E-state index in [2.05, 4.69) is 4.98 Å². The molecule has 2 atom stereocenters. The molecule has 0 radical (unpaired) electrons. The largest absolute Gasteiger partial charge is 0.444 e. The number of nitrogens with zero attached hydrogens (tertiary/aromatic N) is 2. The number of nitrogens with two attached hydrogens (primary N) is 1. The molecule has 1 fully saturated rings. The number of hydrogen-bond donors (Lipinski definition) is 1. The number of carbonyl (C=O) groups is 1. The van der Waals surface area contributed by atoms with Gasteiger partial charge in [-0.15, -0.1) is 0 Å². The van der Waals surface area contributed by atoms with Gasteiger partial charge in [-0.05, 0) is 20.8 Å². The van der Waals surface area contributed by atoms with Gasteiger partial charge < -0.3 is 15.2 Å². The van der Waals surface area contributed by atoms with Crippen LogP contribution in [0.4, 0.5) is 9.93 Å². The molecule has 2 N–H and O–H groups in total. The second kappa shape index (κ2) is 4.60. The first-order valence-corrected chi connectivity index (χ1v) is 7.51. The number of rotatable bonds is 0. The fraction of sp³-hybridized carbons (Fsp3) is 0.692. The molecule has 2 aliphatic heterocycles. The van der Waals surface area contributed by atoms with Crippen molar-refractivity contribution in [3.63, 3.8) is 0 Å². The second-order valence-electron chi connectivity index (χ2n) is 6.16. The van der Waals surface area contributed by atoms with E-state index in [9.17, 15) is 4.79 Å². The molecule has 0 spiro atoms. The third-order valence-corrected chi connectivity index (χ3v) is 4.42. The molecule has 7 heteroatoms. The number of morpholine rings is 1. The molecule has 1 aromatic rings. The number of aromatic nitrogens is 1. The Kier molecular flexibility index (Phi) is 3.13. The quantitative estimate of drug-likeness (QED) is 0.792. The third-order valence-electron chi connectivity index (χ3n) is 3.40. The van der Waals surface area contributed by atoms with Crippen molar-refractivity contribution in [1.82, 2.24) is 9.88 Å². The number of nitrogen functional groups attached to an aromatic ring is 1. The van der Waals surface area contributed by atoms with E-state index in [-0.39, 0.29) is 18.2 Å². The molecule has 0 aromatic carbocycles. The molecule has 2 bridgehead atoms. The molecule has 2 aliphatic rings. The van der Waals surface area contributed by atoms with E-state index in [4.69, 9.17) is 15.2 Å². The maximum Gasteiger partial charge on any atom is 0.411 e. The van der Waals surface area contributed by atoms with E-state index in [0.29, 0.717) is 24.8 Å². The molecule has 0 unspecified atom stereocenters. The van der Waals surface area contributed by atoms with Crippen molar-refractivity contribution in [1.29, 1.82) is 0 Å². The van der Waals surface area contributed by atoms with Gasteiger partial charge in [-0.25, -0.2) is 9.78 Å². The van der Waals surface area contributed by atoms with E-state index in [1.54, 1.807) is 4.90 Å². The fourth-order valence-corrected chi connectivity index (χ4v) is 3.64. The number of carbonyl (C=O) groups excluding carboxylic acids is 1. The molecule has 20 heavy (non-hydrogen) atoms. The average Bonchev–Trinajstić information content (AvgIpc) is 2.66. The first-order chi connectivity index (χ1) is 9.35. The lowest BCUT2D eigenvalue weighted by molar-refractivity contribution is -0.0666. The van der Waals surface area contributed by atoms with Gasteiger partial charge in [-0.2, -0.15) is 0 Å². The summed E-state index contributed by atoms with van der Waals surface area (Å²) < 4.78 is 11.1. The van der Waals surface area contributed by atoms with Crippen LogP contribution in [0.1, 0.15) is 37.4 Å². The van der Waals surface area contributed by atoms with Gasteiger partial charge in [0.1, 0.15) is 5.60 Å². The number of anilines is 1. The molecule has 3 rings (SSSR count). The van der Waals surface area contributed by atoms with Gasteiger partial charge in [0, 0.05) is 6.42 Å². The molecule has 110 valence electrons. The summed E-state index contributed by atoms with van der Waals surface area (Å²) in [6, 6.07) is -0.139. The highest BCUT2D eigenvalue weighted by Crippen LogP contribution is 2.40. The molecule has 1 saturated heterocycles. The fourth-order valence-electron chi connectivity index (χ4n) is 2.69. The molecule has 6 nitrogen and oxygen atoms in total. The number of fused-ring (bicyclic) bond motifs is 4. The SMILES string of the molecule is CC(C)(C)OC(=O)N1[C@@H]2COC[C@H]1c1sc(N)nc1C2. The minimum Gasteiger partial charge on any atom is -0.444 e. The Balaban J connectivity index is 1.91. The molecule has 0 aliphatic carbocycles. The highest BCUT2D eigenvalue weighted by Gasteiger charge is 2.44. The Morgan fingerprint density at radius 2 is 2.25 bits per heavy atom. The van der Waals surface area contributed by atoms with E-state index in [1.807, 2.05) is 20.8 Å². The maximum absolute atomic E-state index is 12.4.